The molecule has 0 spiro atoms. The van der Waals surface area contributed by atoms with E-state index in [0.717, 1.165) is 30.3 Å². The van der Waals surface area contributed by atoms with Gasteiger partial charge in [-0.1, -0.05) is 6.07 Å². The van der Waals surface area contributed by atoms with Gasteiger partial charge in [0.05, 0.1) is 18.5 Å². The molecule has 2 aromatic rings. The molecule has 2 heterocycles. The third-order valence-corrected chi connectivity index (χ3v) is 3.93. The monoisotopic (exact) mass is 284 g/mol. The van der Waals surface area contributed by atoms with E-state index in [0.29, 0.717) is 17.6 Å². The Morgan fingerprint density at radius 1 is 1.48 bits per heavy atom. The lowest BCUT2D eigenvalue weighted by Gasteiger charge is -2.19. The molecule has 108 valence electrons. The molecule has 1 fully saturated rings. The number of rotatable bonds is 3. The summed E-state index contributed by atoms with van der Waals surface area (Å²) in [5.74, 6) is -0.269. The second-order valence-electron chi connectivity index (χ2n) is 5.18. The van der Waals surface area contributed by atoms with Gasteiger partial charge in [-0.05, 0) is 24.6 Å². The summed E-state index contributed by atoms with van der Waals surface area (Å²) in [6.45, 7) is 1.40. The topological polar surface area (TPSA) is 59.5 Å². The van der Waals surface area contributed by atoms with E-state index in [2.05, 4.69) is 9.88 Å². The van der Waals surface area contributed by atoms with Crippen molar-refractivity contribution in [2.45, 2.75) is 6.42 Å². The number of esters is 1. The zero-order valence-corrected chi connectivity index (χ0v) is 11.8. The van der Waals surface area contributed by atoms with Gasteiger partial charge >= 0.3 is 5.97 Å². The normalized spacial score (nSPS) is 18.0. The van der Waals surface area contributed by atoms with Crippen LogP contribution in [0.1, 0.15) is 16.8 Å². The molecule has 0 aliphatic carbocycles. The molecule has 1 aliphatic rings. The summed E-state index contributed by atoms with van der Waals surface area (Å²) in [6.07, 6.45) is 3.28. The van der Waals surface area contributed by atoms with Gasteiger partial charge in [0.1, 0.15) is 0 Å². The third kappa shape index (κ3) is 2.46. The Morgan fingerprint density at radius 2 is 2.33 bits per heavy atom. The van der Waals surface area contributed by atoms with E-state index in [4.69, 9.17) is 4.74 Å². The molecular formula is C16H16N2O3. The van der Waals surface area contributed by atoms with Crippen LogP contribution >= 0.6 is 0 Å². The molecule has 1 aromatic carbocycles. The van der Waals surface area contributed by atoms with Gasteiger partial charge in [0.2, 0.25) is 0 Å². The molecule has 1 unspecified atom stereocenters. The first-order chi connectivity index (χ1) is 10.2. The quantitative estimate of drug-likeness (QED) is 0.637. The van der Waals surface area contributed by atoms with Crippen molar-refractivity contribution in [3.8, 4) is 0 Å². The zero-order valence-electron chi connectivity index (χ0n) is 11.8. The van der Waals surface area contributed by atoms with Crippen LogP contribution in [0.2, 0.25) is 0 Å². The van der Waals surface area contributed by atoms with Crippen LogP contribution in [0, 0.1) is 5.92 Å². The van der Waals surface area contributed by atoms with E-state index >= 15 is 0 Å². The number of aldehydes is 1. The minimum Gasteiger partial charge on any atom is -0.469 e. The van der Waals surface area contributed by atoms with Crippen molar-refractivity contribution in [3.05, 3.63) is 36.0 Å². The third-order valence-electron chi connectivity index (χ3n) is 3.93. The summed E-state index contributed by atoms with van der Waals surface area (Å²) in [5.41, 5.74) is 2.23. The first-order valence-corrected chi connectivity index (χ1v) is 6.89. The van der Waals surface area contributed by atoms with Crippen molar-refractivity contribution >= 4 is 28.8 Å². The Balaban J connectivity index is 1.95. The van der Waals surface area contributed by atoms with Crippen molar-refractivity contribution in [2.75, 3.05) is 25.1 Å². The molecule has 0 amide bonds. The maximum atomic E-state index is 11.6. The molecule has 1 atom stereocenters. The van der Waals surface area contributed by atoms with E-state index in [1.165, 1.54) is 7.11 Å². The number of hydrogen-bond donors (Lipinski definition) is 0. The zero-order chi connectivity index (χ0) is 14.8. The van der Waals surface area contributed by atoms with Crippen LogP contribution in [0.25, 0.3) is 10.9 Å². The Morgan fingerprint density at radius 3 is 3.10 bits per heavy atom. The smallest absolute Gasteiger partial charge is 0.310 e. The molecule has 5 heteroatoms. The largest absolute Gasteiger partial charge is 0.469 e. The van der Waals surface area contributed by atoms with Gasteiger partial charge in [0.15, 0.2) is 6.29 Å². The summed E-state index contributed by atoms with van der Waals surface area (Å²) in [7, 11) is 1.41. The number of pyridine rings is 1. The van der Waals surface area contributed by atoms with Gasteiger partial charge in [-0.15, -0.1) is 0 Å². The van der Waals surface area contributed by atoms with Gasteiger partial charge < -0.3 is 9.64 Å². The number of ether oxygens (including phenoxy) is 1. The SMILES string of the molecule is COC(=O)C1CCN(c2cc(C=O)c3ncccc3c2)C1. The number of anilines is 1. The Labute approximate surface area is 122 Å². The number of nitrogens with zero attached hydrogens (tertiary/aromatic N) is 2. The first kappa shape index (κ1) is 13.5. The average molecular weight is 284 g/mol. The Bertz CT molecular complexity index is 699. The lowest BCUT2D eigenvalue weighted by molar-refractivity contribution is -0.144. The van der Waals surface area contributed by atoms with Crippen LogP contribution in [0.3, 0.4) is 0 Å². The molecule has 0 N–H and O–H groups in total. The fraction of sp³-hybridized carbons (Fsp3) is 0.312. The molecule has 1 aromatic heterocycles. The van der Waals surface area contributed by atoms with Crippen molar-refractivity contribution in [1.82, 2.24) is 4.98 Å². The number of methoxy groups -OCH3 is 1. The van der Waals surface area contributed by atoms with Gasteiger partial charge in [0, 0.05) is 35.9 Å². The van der Waals surface area contributed by atoms with Crippen LogP contribution in [0.5, 0.6) is 0 Å². The van der Waals surface area contributed by atoms with Crippen molar-refractivity contribution in [3.63, 3.8) is 0 Å². The fourth-order valence-electron chi connectivity index (χ4n) is 2.83. The molecule has 0 saturated carbocycles. The standard InChI is InChI=1S/C16H16N2O3/c1-21-16(20)12-4-6-18(9-12)14-7-11-3-2-5-17-15(11)13(8-14)10-19/h2-3,5,7-8,10,12H,4,6,9H2,1H3. The predicted octanol–water partition coefficient (Wildman–Crippen LogP) is 2.05. The number of fused-ring (bicyclic) bond motifs is 1. The summed E-state index contributed by atoms with van der Waals surface area (Å²) < 4.78 is 4.80. The van der Waals surface area contributed by atoms with Gasteiger partial charge in [-0.25, -0.2) is 0 Å². The highest BCUT2D eigenvalue weighted by Gasteiger charge is 2.29. The molecular weight excluding hydrogens is 268 g/mol. The van der Waals surface area contributed by atoms with Crippen molar-refractivity contribution < 1.29 is 14.3 Å². The maximum absolute atomic E-state index is 11.6. The molecule has 3 rings (SSSR count). The number of carbonyl (C=O) groups is 2. The maximum Gasteiger partial charge on any atom is 0.310 e. The molecule has 21 heavy (non-hydrogen) atoms. The van der Waals surface area contributed by atoms with E-state index in [1.54, 1.807) is 6.20 Å². The van der Waals surface area contributed by atoms with Crippen LogP contribution in [0.15, 0.2) is 30.5 Å². The van der Waals surface area contributed by atoms with E-state index < -0.39 is 0 Å². The number of carbonyl (C=O) groups excluding carboxylic acids is 2. The molecule has 0 bridgehead atoms. The molecule has 5 nitrogen and oxygen atoms in total. The number of hydrogen-bond acceptors (Lipinski definition) is 5. The molecule has 0 radical (unpaired) electrons. The highest BCUT2D eigenvalue weighted by atomic mass is 16.5. The van der Waals surface area contributed by atoms with Crippen molar-refractivity contribution in [1.29, 1.82) is 0 Å². The van der Waals surface area contributed by atoms with Crippen LogP contribution < -0.4 is 4.90 Å². The van der Waals surface area contributed by atoms with E-state index in [9.17, 15) is 9.59 Å². The second-order valence-corrected chi connectivity index (χ2v) is 5.18. The van der Waals surface area contributed by atoms with E-state index in [-0.39, 0.29) is 11.9 Å². The average Bonchev–Trinajstić information content (AvgIpc) is 3.03. The van der Waals surface area contributed by atoms with Crippen molar-refractivity contribution in [2.24, 2.45) is 5.92 Å². The summed E-state index contributed by atoms with van der Waals surface area (Å²) in [6, 6.07) is 7.63. The van der Waals surface area contributed by atoms with Crippen LogP contribution in [0.4, 0.5) is 5.69 Å². The number of aromatic nitrogens is 1. The molecule has 1 saturated heterocycles. The minimum absolute atomic E-state index is 0.0979. The first-order valence-electron chi connectivity index (χ1n) is 6.89. The van der Waals surface area contributed by atoms with E-state index in [1.807, 2.05) is 24.3 Å². The Hall–Kier alpha value is -2.43. The number of benzene rings is 1. The lowest BCUT2D eigenvalue weighted by Crippen LogP contribution is -2.23. The van der Waals surface area contributed by atoms with Gasteiger partial charge in [-0.2, -0.15) is 0 Å². The highest BCUT2D eigenvalue weighted by molar-refractivity contribution is 5.98. The fourth-order valence-corrected chi connectivity index (χ4v) is 2.83. The summed E-state index contributed by atoms with van der Waals surface area (Å²) in [5, 5.41) is 0.929. The van der Waals surface area contributed by atoms with Gasteiger partial charge in [-0.3, -0.25) is 14.6 Å². The summed E-state index contributed by atoms with van der Waals surface area (Å²) in [4.78, 5) is 29.2. The highest BCUT2D eigenvalue weighted by Crippen LogP contribution is 2.28. The van der Waals surface area contributed by atoms with Crippen LogP contribution in [-0.4, -0.2) is 37.4 Å². The Kier molecular flexibility index (Phi) is 3.56. The minimum atomic E-state index is -0.171. The molecule has 1 aliphatic heterocycles. The lowest BCUT2D eigenvalue weighted by atomic mass is 10.1. The van der Waals surface area contributed by atoms with Crippen LogP contribution in [-0.2, 0) is 9.53 Å². The van der Waals surface area contributed by atoms with Gasteiger partial charge in [0.25, 0.3) is 0 Å². The second kappa shape index (κ2) is 5.52. The summed E-state index contributed by atoms with van der Waals surface area (Å²) >= 11 is 0. The predicted molar refractivity (Wildman–Crippen MR) is 79.5 cm³/mol.